The van der Waals surface area contributed by atoms with Gasteiger partial charge in [0.15, 0.2) is 5.82 Å². The van der Waals surface area contributed by atoms with Crippen molar-refractivity contribution >= 4 is 17.7 Å². The van der Waals surface area contributed by atoms with Gasteiger partial charge in [0.2, 0.25) is 5.88 Å². The van der Waals surface area contributed by atoms with Gasteiger partial charge in [0, 0.05) is 43.2 Å². The molecule has 2 N–H and O–H groups in total. The molecule has 0 spiro atoms. The molecule has 7 heteroatoms. The summed E-state index contributed by atoms with van der Waals surface area (Å²) in [4.78, 5) is 6.90. The highest BCUT2D eigenvalue weighted by molar-refractivity contribution is 5.80. The molecule has 170 valence electrons. The number of aromatic nitrogens is 1. The summed E-state index contributed by atoms with van der Waals surface area (Å²) in [5, 5.41) is 7.87. The van der Waals surface area contributed by atoms with E-state index < -0.39 is 0 Å². The van der Waals surface area contributed by atoms with E-state index in [9.17, 15) is 0 Å². The molecular weight excluding hydrogens is 402 g/mol. The highest BCUT2D eigenvalue weighted by atomic mass is 16.5. The molecule has 2 aromatic rings. The van der Waals surface area contributed by atoms with Gasteiger partial charge in [-0.05, 0) is 38.2 Å². The fourth-order valence-corrected chi connectivity index (χ4v) is 3.92. The predicted octanol–water partition coefficient (Wildman–Crippen LogP) is 4.10. The van der Waals surface area contributed by atoms with Crippen molar-refractivity contribution in [3.63, 3.8) is 0 Å². The van der Waals surface area contributed by atoms with Crippen LogP contribution >= 0.6 is 0 Å². The Morgan fingerprint density at radius 2 is 2.09 bits per heavy atom. The molecule has 0 atom stereocenters. The summed E-state index contributed by atoms with van der Waals surface area (Å²) in [7, 11) is 0. The number of aryl methyl sites for hydroxylation is 1. The number of allylic oxidation sites excluding steroid dienone is 2. The summed E-state index contributed by atoms with van der Waals surface area (Å²) in [5.74, 6) is 1.26. The van der Waals surface area contributed by atoms with E-state index in [1.54, 1.807) is 6.21 Å². The van der Waals surface area contributed by atoms with Crippen molar-refractivity contribution in [1.82, 2.24) is 10.3 Å². The minimum absolute atomic E-state index is 0.558. The molecule has 1 aromatic carbocycles. The van der Waals surface area contributed by atoms with Crippen LogP contribution in [0.5, 0.6) is 5.88 Å². The van der Waals surface area contributed by atoms with Crippen LogP contribution in [0.2, 0.25) is 0 Å². The van der Waals surface area contributed by atoms with Crippen molar-refractivity contribution in [2.75, 3.05) is 49.8 Å². The number of hydrogen-bond donors (Lipinski definition) is 2. The van der Waals surface area contributed by atoms with E-state index in [2.05, 4.69) is 50.9 Å². The van der Waals surface area contributed by atoms with Crippen LogP contribution in [0.4, 0.5) is 11.5 Å². The summed E-state index contributed by atoms with van der Waals surface area (Å²) in [6.07, 6.45) is 8.97. The van der Waals surface area contributed by atoms with Crippen molar-refractivity contribution in [2.24, 2.45) is 5.10 Å². The third kappa shape index (κ3) is 6.72. The van der Waals surface area contributed by atoms with Gasteiger partial charge in [-0.3, -0.25) is 5.43 Å². The normalized spacial score (nSPS) is 16.7. The lowest BCUT2D eigenvalue weighted by atomic mass is 10.1. The third-order valence-electron chi connectivity index (χ3n) is 5.59. The van der Waals surface area contributed by atoms with E-state index in [0.717, 1.165) is 50.5 Å². The fourth-order valence-electron chi connectivity index (χ4n) is 3.92. The fraction of sp³-hybridized carbons (Fsp3) is 0.440. The lowest BCUT2D eigenvalue weighted by molar-refractivity contribution is 0.122. The molecule has 4 rings (SSSR count). The van der Waals surface area contributed by atoms with E-state index in [4.69, 9.17) is 9.47 Å². The molecule has 32 heavy (non-hydrogen) atoms. The molecule has 0 unspecified atom stereocenters. The van der Waals surface area contributed by atoms with Crippen molar-refractivity contribution in [1.29, 1.82) is 0 Å². The van der Waals surface area contributed by atoms with Crippen molar-refractivity contribution < 1.29 is 9.47 Å². The molecule has 2 aliphatic rings. The van der Waals surface area contributed by atoms with Gasteiger partial charge in [0.05, 0.1) is 19.4 Å². The Kier molecular flexibility index (Phi) is 7.98. The average molecular weight is 436 g/mol. The molecule has 0 amide bonds. The topological polar surface area (TPSA) is 71.0 Å². The van der Waals surface area contributed by atoms with E-state index in [1.165, 1.54) is 30.5 Å². The standard InChI is InChI=1S/C25H33N5O2/c1-20-6-5-7-21(16-20)19-27-29-24-17-23(30-11-14-31-15-12-30)18-25(28-24)32-13-10-26-22-8-3-2-4-9-22/h5-8,16-19,26H,2-4,9-15H2,1H3,(H,28,29). The quantitative estimate of drug-likeness (QED) is 0.351. The van der Waals surface area contributed by atoms with E-state index in [1.807, 2.05) is 24.3 Å². The zero-order chi connectivity index (χ0) is 22.0. The smallest absolute Gasteiger partial charge is 0.217 e. The number of hydrazone groups is 1. The van der Waals surface area contributed by atoms with Gasteiger partial charge in [0.25, 0.3) is 0 Å². The maximum Gasteiger partial charge on any atom is 0.217 e. The largest absolute Gasteiger partial charge is 0.476 e. The minimum Gasteiger partial charge on any atom is -0.476 e. The van der Waals surface area contributed by atoms with Crippen LogP contribution in [0.1, 0.15) is 36.8 Å². The van der Waals surface area contributed by atoms with Gasteiger partial charge < -0.3 is 19.7 Å². The molecule has 1 aromatic heterocycles. The summed E-state index contributed by atoms with van der Waals surface area (Å²) < 4.78 is 11.5. The molecule has 7 nitrogen and oxygen atoms in total. The molecule has 1 aliphatic heterocycles. The summed E-state index contributed by atoms with van der Waals surface area (Å²) >= 11 is 0. The number of nitrogens with zero attached hydrogens (tertiary/aromatic N) is 3. The molecule has 1 saturated heterocycles. The number of benzene rings is 1. The monoisotopic (exact) mass is 435 g/mol. The van der Waals surface area contributed by atoms with Crippen LogP contribution in [0.15, 0.2) is 53.3 Å². The first-order valence-corrected chi connectivity index (χ1v) is 11.5. The van der Waals surface area contributed by atoms with Crippen LogP contribution in [-0.4, -0.2) is 50.7 Å². The zero-order valence-electron chi connectivity index (χ0n) is 18.8. The Bertz CT molecular complexity index is 938. The number of morpholine rings is 1. The number of nitrogens with one attached hydrogen (secondary N) is 2. The maximum absolute atomic E-state index is 6.00. The second-order valence-corrected chi connectivity index (χ2v) is 8.18. The Morgan fingerprint density at radius 1 is 1.19 bits per heavy atom. The number of ether oxygens (including phenoxy) is 2. The molecule has 0 saturated carbocycles. The molecule has 0 bridgehead atoms. The van der Waals surface area contributed by atoms with Crippen LogP contribution in [0.25, 0.3) is 0 Å². The molecule has 2 heterocycles. The van der Waals surface area contributed by atoms with Crippen molar-refractivity contribution in [3.05, 3.63) is 59.3 Å². The van der Waals surface area contributed by atoms with Crippen molar-refractivity contribution in [3.8, 4) is 5.88 Å². The van der Waals surface area contributed by atoms with Gasteiger partial charge in [-0.25, -0.2) is 0 Å². The first-order chi connectivity index (χ1) is 15.8. The third-order valence-corrected chi connectivity index (χ3v) is 5.59. The lowest BCUT2D eigenvalue weighted by Crippen LogP contribution is -2.36. The highest BCUT2D eigenvalue weighted by Crippen LogP contribution is 2.25. The van der Waals surface area contributed by atoms with Gasteiger partial charge in [-0.1, -0.05) is 35.9 Å². The highest BCUT2D eigenvalue weighted by Gasteiger charge is 2.14. The number of hydrogen-bond acceptors (Lipinski definition) is 7. The van der Waals surface area contributed by atoms with Gasteiger partial charge in [-0.2, -0.15) is 10.1 Å². The van der Waals surface area contributed by atoms with Gasteiger partial charge in [-0.15, -0.1) is 0 Å². The van der Waals surface area contributed by atoms with Crippen molar-refractivity contribution in [2.45, 2.75) is 32.6 Å². The molecule has 0 radical (unpaired) electrons. The predicted molar refractivity (Wildman–Crippen MR) is 130 cm³/mol. The Hall–Kier alpha value is -3.06. The van der Waals surface area contributed by atoms with Crippen LogP contribution in [0.3, 0.4) is 0 Å². The van der Waals surface area contributed by atoms with Gasteiger partial charge in [0.1, 0.15) is 6.61 Å². The van der Waals surface area contributed by atoms with Gasteiger partial charge >= 0.3 is 0 Å². The minimum atomic E-state index is 0.558. The Labute approximate surface area is 190 Å². The van der Waals surface area contributed by atoms with Crippen LogP contribution in [0, 0.1) is 6.92 Å². The number of rotatable bonds is 9. The second kappa shape index (κ2) is 11.5. The number of anilines is 2. The SMILES string of the molecule is Cc1cccc(C=NNc2cc(N3CCOCC3)cc(OCCNC3=CCCCC3)n2)c1. The zero-order valence-corrected chi connectivity index (χ0v) is 18.8. The Morgan fingerprint density at radius 3 is 2.91 bits per heavy atom. The summed E-state index contributed by atoms with van der Waals surface area (Å²) in [5.41, 5.74) is 7.72. The summed E-state index contributed by atoms with van der Waals surface area (Å²) in [6.45, 7) is 6.56. The van der Waals surface area contributed by atoms with E-state index in [0.29, 0.717) is 18.3 Å². The summed E-state index contributed by atoms with van der Waals surface area (Å²) in [6, 6.07) is 12.2. The van der Waals surface area contributed by atoms with E-state index in [-0.39, 0.29) is 0 Å². The lowest BCUT2D eigenvalue weighted by Gasteiger charge is -2.29. The molecule has 1 aliphatic carbocycles. The molecular formula is C25H33N5O2. The Balaban J connectivity index is 1.40. The average Bonchev–Trinajstić information content (AvgIpc) is 2.83. The van der Waals surface area contributed by atoms with Crippen LogP contribution < -0.4 is 20.4 Å². The van der Waals surface area contributed by atoms with E-state index >= 15 is 0 Å². The first-order valence-electron chi connectivity index (χ1n) is 11.5. The van der Waals surface area contributed by atoms with Crippen LogP contribution in [-0.2, 0) is 4.74 Å². The number of pyridine rings is 1. The second-order valence-electron chi connectivity index (χ2n) is 8.18. The molecule has 1 fully saturated rings. The first kappa shape index (κ1) is 22.1. The maximum atomic E-state index is 6.00.